The molecule has 0 fully saturated rings. The number of aromatic nitrogens is 2. The summed E-state index contributed by atoms with van der Waals surface area (Å²) in [5, 5.41) is 8.25. The van der Waals surface area contributed by atoms with Crippen molar-refractivity contribution in [1.82, 2.24) is 9.78 Å². The van der Waals surface area contributed by atoms with E-state index >= 15 is 0 Å². The van der Waals surface area contributed by atoms with Gasteiger partial charge in [-0.25, -0.2) is 4.68 Å². The summed E-state index contributed by atoms with van der Waals surface area (Å²) in [4.78, 5) is 5.35. The number of halogens is 3. The van der Waals surface area contributed by atoms with E-state index in [2.05, 4.69) is 10.3 Å². The SMILES string of the molecule is CC(C)(C)O/N=C/c1cccc(-c2cnn(-c3ccc(C(F)(F)F)cc3)c2)c1. The van der Waals surface area contributed by atoms with Crippen LogP contribution in [0, 0.1) is 0 Å². The predicted octanol–water partition coefficient (Wildman–Crippen LogP) is 5.71. The number of nitrogens with zero attached hydrogens (tertiary/aromatic N) is 3. The van der Waals surface area contributed by atoms with Gasteiger partial charge in [0.1, 0.15) is 5.60 Å². The number of hydrogen-bond acceptors (Lipinski definition) is 3. The van der Waals surface area contributed by atoms with Gasteiger partial charge in [-0.1, -0.05) is 23.4 Å². The minimum atomic E-state index is -4.35. The summed E-state index contributed by atoms with van der Waals surface area (Å²) < 4.78 is 39.6. The third kappa shape index (κ3) is 5.00. The van der Waals surface area contributed by atoms with Crippen LogP contribution in [0.25, 0.3) is 16.8 Å². The third-order valence-corrected chi connectivity index (χ3v) is 3.79. The van der Waals surface area contributed by atoms with Gasteiger partial charge in [-0.3, -0.25) is 0 Å². The second-order valence-electron chi connectivity index (χ2n) is 7.28. The second-order valence-corrected chi connectivity index (χ2v) is 7.28. The van der Waals surface area contributed by atoms with Crippen molar-refractivity contribution < 1.29 is 18.0 Å². The molecule has 0 unspecified atom stereocenters. The largest absolute Gasteiger partial charge is 0.416 e. The Morgan fingerprint density at radius 3 is 2.36 bits per heavy atom. The summed E-state index contributed by atoms with van der Waals surface area (Å²) in [6, 6.07) is 12.5. The van der Waals surface area contributed by atoms with E-state index in [1.54, 1.807) is 23.3 Å². The molecule has 0 aliphatic carbocycles. The zero-order chi connectivity index (χ0) is 20.4. The van der Waals surface area contributed by atoms with Crippen molar-refractivity contribution in [3.63, 3.8) is 0 Å². The van der Waals surface area contributed by atoms with Crippen LogP contribution < -0.4 is 0 Å². The van der Waals surface area contributed by atoms with Gasteiger partial charge in [0.05, 0.1) is 23.7 Å². The van der Waals surface area contributed by atoms with E-state index in [1.807, 2.05) is 45.0 Å². The maximum absolute atomic E-state index is 12.7. The Kier molecular flexibility index (Phi) is 5.27. The zero-order valence-electron chi connectivity index (χ0n) is 15.7. The van der Waals surface area contributed by atoms with Gasteiger partial charge in [-0.2, -0.15) is 18.3 Å². The summed E-state index contributed by atoms with van der Waals surface area (Å²) in [7, 11) is 0. The van der Waals surface area contributed by atoms with Gasteiger partial charge in [0, 0.05) is 11.8 Å². The second kappa shape index (κ2) is 7.50. The Bertz CT molecular complexity index is 968. The first-order chi connectivity index (χ1) is 13.1. The highest BCUT2D eigenvalue weighted by Crippen LogP contribution is 2.30. The van der Waals surface area contributed by atoms with Gasteiger partial charge in [-0.05, 0) is 62.2 Å². The quantitative estimate of drug-likeness (QED) is 0.425. The molecule has 0 saturated heterocycles. The molecule has 0 aliphatic heterocycles. The summed E-state index contributed by atoms with van der Waals surface area (Å²) in [6.07, 6.45) is 0.714. The molecule has 0 atom stereocenters. The van der Waals surface area contributed by atoms with Crippen molar-refractivity contribution in [2.75, 3.05) is 0 Å². The maximum atomic E-state index is 12.7. The Morgan fingerprint density at radius 2 is 1.71 bits per heavy atom. The molecule has 3 rings (SSSR count). The van der Waals surface area contributed by atoms with Gasteiger partial charge >= 0.3 is 6.18 Å². The molecule has 2 aromatic carbocycles. The predicted molar refractivity (Wildman–Crippen MR) is 102 cm³/mol. The molecule has 0 bridgehead atoms. The van der Waals surface area contributed by atoms with Gasteiger partial charge in [0.15, 0.2) is 0 Å². The fourth-order valence-electron chi connectivity index (χ4n) is 2.46. The Labute approximate surface area is 161 Å². The molecular weight excluding hydrogens is 367 g/mol. The molecular formula is C21H20F3N3O. The van der Waals surface area contributed by atoms with E-state index in [0.29, 0.717) is 5.69 Å². The molecule has 3 aromatic rings. The van der Waals surface area contributed by atoms with Crippen molar-refractivity contribution in [2.45, 2.75) is 32.5 Å². The molecule has 0 radical (unpaired) electrons. The van der Waals surface area contributed by atoms with Gasteiger partial charge in [0.25, 0.3) is 0 Å². The zero-order valence-corrected chi connectivity index (χ0v) is 15.7. The summed E-state index contributed by atoms with van der Waals surface area (Å²) in [5.74, 6) is 0. The molecule has 0 N–H and O–H groups in total. The average molecular weight is 387 g/mol. The van der Waals surface area contributed by atoms with Crippen LogP contribution in [0.3, 0.4) is 0 Å². The summed E-state index contributed by atoms with van der Waals surface area (Å²) >= 11 is 0. The molecule has 0 aliphatic rings. The average Bonchev–Trinajstić information content (AvgIpc) is 3.10. The van der Waals surface area contributed by atoms with E-state index in [-0.39, 0.29) is 5.60 Å². The van der Waals surface area contributed by atoms with Crippen LogP contribution in [0.2, 0.25) is 0 Å². The Hall–Kier alpha value is -3.09. The minimum Gasteiger partial charge on any atom is -0.390 e. The fraction of sp³-hybridized carbons (Fsp3) is 0.238. The maximum Gasteiger partial charge on any atom is 0.416 e. The molecule has 7 heteroatoms. The van der Waals surface area contributed by atoms with E-state index in [4.69, 9.17) is 4.84 Å². The topological polar surface area (TPSA) is 39.4 Å². The highest BCUT2D eigenvalue weighted by Gasteiger charge is 2.30. The number of hydrogen-bond donors (Lipinski definition) is 0. The lowest BCUT2D eigenvalue weighted by atomic mass is 10.1. The fourth-order valence-corrected chi connectivity index (χ4v) is 2.46. The van der Waals surface area contributed by atoms with Crippen LogP contribution >= 0.6 is 0 Å². The lowest BCUT2D eigenvalue weighted by Crippen LogP contribution is -2.15. The molecule has 0 amide bonds. The highest BCUT2D eigenvalue weighted by atomic mass is 19.4. The first-order valence-corrected chi connectivity index (χ1v) is 8.66. The van der Waals surface area contributed by atoms with Crippen LogP contribution in [-0.2, 0) is 11.0 Å². The Balaban J connectivity index is 1.79. The van der Waals surface area contributed by atoms with Crippen LogP contribution in [0.1, 0.15) is 31.9 Å². The molecule has 4 nitrogen and oxygen atoms in total. The van der Waals surface area contributed by atoms with E-state index in [0.717, 1.165) is 28.8 Å². The number of alkyl halides is 3. The van der Waals surface area contributed by atoms with Crippen LogP contribution in [-0.4, -0.2) is 21.6 Å². The first kappa shape index (κ1) is 19.7. The van der Waals surface area contributed by atoms with E-state index < -0.39 is 11.7 Å². The monoisotopic (exact) mass is 387 g/mol. The highest BCUT2D eigenvalue weighted by molar-refractivity contribution is 5.82. The number of oxime groups is 1. The van der Waals surface area contributed by atoms with Gasteiger partial charge in [0.2, 0.25) is 0 Å². The third-order valence-electron chi connectivity index (χ3n) is 3.79. The lowest BCUT2D eigenvalue weighted by molar-refractivity contribution is -0.137. The van der Waals surface area contributed by atoms with Gasteiger partial charge < -0.3 is 4.84 Å². The van der Waals surface area contributed by atoms with Crippen molar-refractivity contribution in [3.05, 3.63) is 72.1 Å². The smallest absolute Gasteiger partial charge is 0.390 e. The molecule has 146 valence electrons. The number of benzene rings is 2. The molecule has 28 heavy (non-hydrogen) atoms. The van der Waals surface area contributed by atoms with Crippen LogP contribution in [0.15, 0.2) is 66.1 Å². The van der Waals surface area contributed by atoms with E-state index in [1.165, 1.54) is 12.1 Å². The minimum absolute atomic E-state index is 0.364. The van der Waals surface area contributed by atoms with Crippen LogP contribution in [0.5, 0.6) is 0 Å². The van der Waals surface area contributed by atoms with Crippen LogP contribution in [0.4, 0.5) is 13.2 Å². The van der Waals surface area contributed by atoms with E-state index in [9.17, 15) is 13.2 Å². The lowest BCUT2D eigenvalue weighted by Gasteiger charge is -2.14. The van der Waals surface area contributed by atoms with Gasteiger partial charge in [-0.15, -0.1) is 0 Å². The summed E-state index contributed by atoms with van der Waals surface area (Å²) in [5.41, 5.74) is 2.12. The summed E-state index contributed by atoms with van der Waals surface area (Å²) in [6.45, 7) is 5.74. The standard InChI is InChI=1S/C21H20F3N3O/c1-20(2,3)28-26-12-15-5-4-6-16(11-15)17-13-25-27(14-17)19-9-7-18(8-10-19)21(22,23)24/h4-14H,1-3H3/b26-12+. The molecule has 1 aromatic heterocycles. The normalized spacial score (nSPS) is 12.5. The van der Waals surface area contributed by atoms with Crippen molar-refractivity contribution in [1.29, 1.82) is 0 Å². The first-order valence-electron chi connectivity index (χ1n) is 8.66. The molecule has 0 spiro atoms. The molecule has 0 saturated carbocycles. The molecule has 1 heterocycles. The van der Waals surface area contributed by atoms with Crippen molar-refractivity contribution >= 4 is 6.21 Å². The number of rotatable bonds is 4. The van der Waals surface area contributed by atoms with Crippen molar-refractivity contribution in [3.8, 4) is 16.8 Å². The van der Waals surface area contributed by atoms with Crippen molar-refractivity contribution in [2.24, 2.45) is 5.16 Å². The Morgan fingerprint density at radius 1 is 1.00 bits per heavy atom.